The Hall–Kier alpha value is -3.46. The summed E-state index contributed by atoms with van der Waals surface area (Å²) in [6, 6.07) is 16.8. The highest BCUT2D eigenvalue weighted by atomic mass is 79.9. The Morgan fingerprint density at radius 1 is 0.872 bits per heavy atom. The second-order valence-corrected chi connectivity index (χ2v) is 9.94. The molecule has 1 aromatic heterocycles. The van der Waals surface area contributed by atoms with E-state index in [0.717, 1.165) is 25.1 Å². The zero-order chi connectivity index (χ0) is 28.2. The molecule has 0 spiro atoms. The van der Waals surface area contributed by atoms with E-state index in [-0.39, 0.29) is 19.8 Å². The topological polar surface area (TPSA) is 94.9 Å². The normalized spacial score (nSPS) is 13.2. The van der Waals surface area contributed by atoms with Crippen molar-refractivity contribution in [3.63, 3.8) is 0 Å². The van der Waals surface area contributed by atoms with Crippen LogP contribution in [0, 0.1) is 0 Å². The van der Waals surface area contributed by atoms with Gasteiger partial charge in [-0.3, -0.25) is 9.59 Å². The zero-order valence-corrected chi connectivity index (χ0v) is 24.1. The largest absolute Gasteiger partial charge is 0.460 e. The first-order valence-electron chi connectivity index (χ1n) is 13.2. The molecule has 8 nitrogen and oxygen atoms in total. The summed E-state index contributed by atoms with van der Waals surface area (Å²) in [6.07, 6.45) is 6.78. The maximum Gasteiger partial charge on any atom is 0.376 e. The van der Waals surface area contributed by atoms with Gasteiger partial charge in [0.2, 0.25) is 5.78 Å². The molecule has 3 aromatic rings. The van der Waals surface area contributed by atoms with Crippen LogP contribution in [-0.2, 0) is 48.0 Å². The predicted molar refractivity (Wildman–Crippen MR) is 154 cm³/mol. The van der Waals surface area contributed by atoms with E-state index in [4.69, 9.17) is 4.74 Å². The van der Waals surface area contributed by atoms with E-state index in [0.29, 0.717) is 5.33 Å². The molecule has 5 rings (SSSR count). The number of ketones is 2. The summed E-state index contributed by atoms with van der Waals surface area (Å²) in [7, 11) is 0. The third-order valence-corrected chi connectivity index (χ3v) is 6.68. The molecule has 2 aliphatic heterocycles. The smallest absolute Gasteiger partial charge is 0.376 e. The number of aromatic nitrogens is 1. The maximum absolute atomic E-state index is 11.7. The zero-order valence-electron chi connectivity index (χ0n) is 22.5. The molecular weight excluding hydrogens is 564 g/mol. The Labute approximate surface area is 237 Å². The van der Waals surface area contributed by atoms with Crippen molar-refractivity contribution in [1.82, 2.24) is 4.57 Å². The van der Waals surface area contributed by atoms with E-state index in [2.05, 4.69) is 61.8 Å². The number of hydrogen-bond donors (Lipinski definition) is 0. The Balaban J connectivity index is 0.000000173. The number of nitrogens with zero attached hydrogens (tertiary/aromatic N) is 2. The highest BCUT2D eigenvalue weighted by Crippen LogP contribution is 2.27. The van der Waals surface area contributed by atoms with Crippen molar-refractivity contribution < 1.29 is 28.7 Å². The average Bonchev–Trinajstić information content (AvgIpc) is 3.38. The molecule has 39 heavy (non-hydrogen) atoms. The van der Waals surface area contributed by atoms with Gasteiger partial charge in [0, 0.05) is 37.2 Å². The number of alkyl halides is 1. The first-order chi connectivity index (χ1) is 18.8. The Morgan fingerprint density at radius 2 is 1.59 bits per heavy atom. The highest BCUT2D eigenvalue weighted by Gasteiger charge is 2.22. The summed E-state index contributed by atoms with van der Waals surface area (Å²) < 4.78 is 11.5. The minimum atomic E-state index is -0.769. The molecule has 208 valence electrons. The van der Waals surface area contributed by atoms with Gasteiger partial charge in [0.1, 0.15) is 6.61 Å². The van der Waals surface area contributed by atoms with Gasteiger partial charge in [0.25, 0.3) is 5.78 Å². The van der Waals surface area contributed by atoms with Crippen LogP contribution < -0.4 is 4.90 Å². The lowest BCUT2D eigenvalue weighted by Gasteiger charge is -2.30. The lowest BCUT2D eigenvalue weighted by Crippen LogP contribution is -2.37. The minimum Gasteiger partial charge on any atom is -0.460 e. The monoisotopic (exact) mass is 598 g/mol. The molecule has 0 atom stereocenters. The van der Waals surface area contributed by atoms with Gasteiger partial charge in [-0.1, -0.05) is 52.3 Å². The number of benzene rings is 2. The first-order valence-corrected chi connectivity index (χ1v) is 14.3. The lowest BCUT2D eigenvalue weighted by molar-refractivity contribution is -0.152. The van der Waals surface area contributed by atoms with E-state index < -0.39 is 23.5 Å². The molecule has 0 amide bonds. The van der Waals surface area contributed by atoms with Gasteiger partial charge in [-0.2, -0.15) is 0 Å². The van der Waals surface area contributed by atoms with E-state index in [1.807, 2.05) is 23.1 Å². The number of halogens is 1. The fourth-order valence-corrected chi connectivity index (χ4v) is 4.79. The summed E-state index contributed by atoms with van der Waals surface area (Å²) in [6.45, 7) is 5.47. The molecule has 0 fully saturated rings. The summed E-state index contributed by atoms with van der Waals surface area (Å²) in [4.78, 5) is 45.5. The van der Waals surface area contributed by atoms with Crippen molar-refractivity contribution in [3.8, 4) is 0 Å². The second kappa shape index (κ2) is 15.2. The van der Waals surface area contributed by atoms with Crippen LogP contribution in [0.3, 0.4) is 0 Å². The van der Waals surface area contributed by atoms with Crippen molar-refractivity contribution in [3.05, 3.63) is 65.9 Å². The van der Waals surface area contributed by atoms with Gasteiger partial charge in [0.15, 0.2) is 0 Å². The molecule has 0 saturated carbocycles. The number of para-hydroxylation sites is 2. The quantitative estimate of drug-likeness (QED) is 0.221. The van der Waals surface area contributed by atoms with Gasteiger partial charge < -0.3 is 18.9 Å². The van der Waals surface area contributed by atoms with Crippen molar-refractivity contribution in [2.75, 3.05) is 36.5 Å². The van der Waals surface area contributed by atoms with Crippen molar-refractivity contribution in [1.29, 1.82) is 0 Å². The molecule has 0 saturated heterocycles. The molecule has 0 bridgehead atoms. The van der Waals surface area contributed by atoms with Gasteiger partial charge in [0.05, 0.1) is 18.7 Å². The van der Waals surface area contributed by atoms with Crippen LogP contribution >= 0.6 is 15.9 Å². The molecule has 0 N–H and O–H groups in total. The second-order valence-electron chi connectivity index (χ2n) is 9.15. The molecule has 2 aliphatic rings. The fourth-order valence-electron chi connectivity index (χ4n) is 4.63. The number of Topliss-reactive ketones (excluding diaryl/α,β-unsaturated/α-hetero) is 2. The maximum atomic E-state index is 11.7. The highest BCUT2D eigenvalue weighted by molar-refractivity contribution is 9.09. The van der Waals surface area contributed by atoms with E-state index in [1.54, 1.807) is 6.92 Å². The first kappa shape index (κ1) is 30.1. The standard InChI is InChI=1S/C14H17NO3.C11H11N.C5H7BrO3/c1-2-18-14(17)13(16)10-15-9-5-7-11-6-3-4-8-12(11)15;1-3-9-5-2-7-12-8-6-10(4-1)11(9)12;1-4(7)5(8)9-3-2-6/h3-4,6,8H,2,5,7,9-10H2,1H3;1,3-4,6,8H,2,5,7H2;2-3H2,1H3. The summed E-state index contributed by atoms with van der Waals surface area (Å²) in [5, 5.41) is 1.96. The number of esters is 2. The van der Waals surface area contributed by atoms with Crippen LogP contribution in [0.5, 0.6) is 0 Å². The fraction of sp³-hybridized carbons (Fsp3) is 0.400. The number of aryl methyl sites for hydroxylation is 3. The van der Waals surface area contributed by atoms with Crippen molar-refractivity contribution >= 4 is 56.0 Å². The molecule has 0 radical (unpaired) electrons. The number of carbonyl (C=O) groups is 4. The Bertz CT molecular complexity index is 1300. The third-order valence-electron chi connectivity index (χ3n) is 6.36. The Morgan fingerprint density at radius 3 is 2.33 bits per heavy atom. The SMILES string of the molecule is CC(=O)C(=O)OCCBr.CCOC(=O)C(=O)CN1CCCc2ccccc21.c1cc2c3c(c1)ccn3CCC2. The summed E-state index contributed by atoms with van der Waals surface area (Å²) >= 11 is 3.04. The Kier molecular flexibility index (Phi) is 11.7. The van der Waals surface area contributed by atoms with Crippen LogP contribution in [0.15, 0.2) is 54.7 Å². The van der Waals surface area contributed by atoms with Crippen LogP contribution in [0.4, 0.5) is 5.69 Å². The van der Waals surface area contributed by atoms with Gasteiger partial charge in [-0.05, 0) is 61.3 Å². The number of rotatable bonds is 7. The number of carbonyl (C=O) groups excluding carboxylic acids is 4. The van der Waals surface area contributed by atoms with E-state index >= 15 is 0 Å². The molecular formula is C30H35BrN2O6. The van der Waals surface area contributed by atoms with Gasteiger partial charge in [-0.15, -0.1) is 0 Å². The van der Waals surface area contributed by atoms with Crippen molar-refractivity contribution in [2.45, 2.75) is 46.1 Å². The molecule has 3 heterocycles. The van der Waals surface area contributed by atoms with Gasteiger partial charge in [-0.25, -0.2) is 9.59 Å². The number of anilines is 1. The summed E-state index contributed by atoms with van der Waals surface area (Å²) in [5.41, 5.74) is 5.27. The summed E-state index contributed by atoms with van der Waals surface area (Å²) in [5.74, 6) is -2.54. The third kappa shape index (κ3) is 8.51. The molecule has 2 aromatic carbocycles. The van der Waals surface area contributed by atoms with Crippen LogP contribution in [0.25, 0.3) is 10.9 Å². The number of fused-ring (bicyclic) bond motifs is 1. The van der Waals surface area contributed by atoms with Crippen LogP contribution in [0.1, 0.15) is 37.8 Å². The molecule has 9 heteroatoms. The van der Waals surface area contributed by atoms with E-state index in [9.17, 15) is 19.2 Å². The number of hydrogen-bond acceptors (Lipinski definition) is 7. The average molecular weight is 600 g/mol. The van der Waals surface area contributed by atoms with E-state index in [1.165, 1.54) is 48.3 Å². The molecule has 0 unspecified atom stereocenters. The lowest BCUT2D eigenvalue weighted by atomic mass is 10.0. The van der Waals surface area contributed by atoms with Crippen LogP contribution in [-0.4, -0.2) is 59.7 Å². The van der Waals surface area contributed by atoms with Gasteiger partial charge >= 0.3 is 11.9 Å². The van der Waals surface area contributed by atoms with Crippen LogP contribution in [0.2, 0.25) is 0 Å². The van der Waals surface area contributed by atoms with Crippen molar-refractivity contribution in [2.24, 2.45) is 0 Å². The minimum absolute atomic E-state index is 0.107. The predicted octanol–water partition coefficient (Wildman–Crippen LogP) is 4.67. The molecule has 0 aliphatic carbocycles. The number of ether oxygens (including phenoxy) is 2.